The van der Waals surface area contributed by atoms with Gasteiger partial charge in [-0.1, -0.05) is 17.4 Å². The maximum atomic E-state index is 13.4. The third-order valence-corrected chi connectivity index (χ3v) is 10.9. The van der Waals surface area contributed by atoms with Crippen LogP contribution in [0.4, 0.5) is 0 Å². The average Bonchev–Trinajstić information content (AvgIpc) is 3.52. The zero-order valence-electron chi connectivity index (χ0n) is 17.5. The molecule has 2 saturated carbocycles. The van der Waals surface area contributed by atoms with Gasteiger partial charge >= 0.3 is 10.8 Å². The molecule has 4 heterocycles. The third-order valence-electron chi connectivity index (χ3n) is 7.32. The fourth-order valence-electron chi connectivity index (χ4n) is 6.45. The molecule has 1 N–H and O–H groups in total. The van der Waals surface area contributed by atoms with Crippen molar-refractivity contribution in [2.75, 3.05) is 6.54 Å². The second kappa shape index (κ2) is 7.30. The number of rotatable bonds is 4. The Balaban J connectivity index is 1.36. The van der Waals surface area contributed by atoms with E-state index in [4.69, 9.17) is 4.74 Å². The summed E-state index contributed by atoms with van der Waals surface area (Å²) in [5, 5.41) is 3.13. The fourth-order valence-corrected chi connectivity index (χ4v) is 10.3. The molecule has 32 heavy (non-hydrogen) atoms. The van der Waals surface area contributed by atoms with Crippen molar-refractivity contribution in [3.05, 3.63) is 36.9 Å². The van der Waals surface area contributed by atoms with Crippen molar-refractivity contribution in [2.45, 2.75) is 42.6 Å². The van der Waals surface area contributed by atoms with Crippen LogP contribution < -0.4 is 4.87 Å². The Morgan fingerprint density at radius 2 is 1.97 bits per heavy atom. The second-order valence-electron chi connectivity index (χ2n) is 9.28. The van der Waals surface area contributed by atoms with Crippen LogP contribution in [0.3, 0.4) is 0 Å². The number of aromatic nitrogens is 1. The molecule has 2 aromatic heterocycles. The maximum absolute atomic E-state index is 13.4. The number of thiazole rings is 1. The molecule has 4 aliphatic rings. The van der Waals surface area contributed by atoms with Crippen LogP contribution in [0.2, 0.25) is 0 Å². The Morgan fingerprint density at radius 1 is 1.22 bits per heavy atom. The number of H-pyrrole nitrogens is 1. The van der Waals surface area contributed by atoms with E-state index in [0.29, 0.717) is 0 Å². The Bertz CT molecular complexity index is 1170. The second-order valence-corrected chi connectivity index (χ2v) is 12.5. The fraction of sp³-hybridized carbons (Fsp3) is 0.545. The van der Waals surface area contributed by atoms with Crippen LogP contribution in [0.25, 0.3) is 0 Å². The number of ether oxygens (including phenoxy) is 1. The molecule has 2 aliphatic heterocycles. The number of thioether (sulfide) groups is 1. The van der Waals surface area contributed by atoms with Crippen LogP contribution in [0.1, 0.15) is 35.9 Å². The molecule has 6 rings (SSSR count). The van der Waals surface area contributed by atoms with Gasteiger partial charge in [0.05, 0.1) is 23.0 Å². The van der Waals surface area contributed by atoms with Crippen molar-refractivity contribution in [3.8, 4) is 0 Å². The number of nitrogens with one attached hydrogen (secondary N) is 1. The van der Waals surface area contributed by atoms with Gasteiger partial charge in [0.1, 0.15) is 6.54 Å². The molecule has 2 amide bonds. The van der Waals surface area contributed by atoms with Gasteiger partial charge in [-0.2, -0.15) is 0 Å². The molecule has 7 nitrogen and oxygen atoms in total. The van der Waals surface area contributed by atoms with Crippen molar-refractivity contribution in [3.63, 3.8) is 0 Å². The lowest BCUT2D eigenvalue weighted by molar-refractivity contribution is -0.155. The Labute approximate surface area is 196 Å². The van der Waals surface area contributed by atoms with Gasteiger partial charge in [0.2, 0.25) is 11.8 Å². The Hall–Kier alpha value is -1.91. The predicted molar refractivity (Wildman–Crippen MR) is 121 cm³/mol. The molecule has 2 aliphatic carbocycles. The molecule has 1 saturated heterocycles. The van der Waals surface area contributed by atoms with Crippen molar-refractivity contribution < 1.29 is 19.1 Å². The summed E-state index contributed by atoms with van der Waals surface area (Å²) in [6, 6.07) is 4.13. The molecule has 0 aromatic carbocycles. The lowest BCUT2D eigenvalue weighted by Crippen LogP contribution is -2.42. The summed E-state index contributed by atoms with van der Waals surface area (Å²) in [4.78, 5) is 57.4. The predicted octanol–water partition coefficient (Wildman–Crippen LogP) is 2.92. The number of thiophene rings is 1. The Kier molecular flexibility index (Phi) is 4.71. The third kappa shape index (κ3) is 2.85. The average molecular weight is 491 g/mol. The number of carbonyl (C=O) groups excluding carboxylic acids is 3. The molecular formula is C22H22N2O5S3. The minimum Gasteiger partial charge on any atom is -0.462 e. The van der Waals surface area contributed by atoms with Crippen LogP contribution in [0.5, 0.6) is 0 Å². The molecule has 0 radical (unpaired) electrons. The monoisotopic (exact) mass is 490 g/mol. The van der Waals surface area contributed by atoms with E-state index in [2.05, 4.69) is 11.1 Å². The van der Waals surface area contributed by atoms with Crippen LogP contribution >= 0.6 is 34.4 Å². The highest BCUT2D eigenvalue weighted by Gasteiger charge is 2.69. The Morgan fingerprint density at radius 3 is 2.66 bits per heavy atom. The number of aromatic amines is 1. The molecule has 0 spiro atoms. The smallest absolute Gasteiger partial charge is 0.326 e. The van der Waals surface area contributed by atoms with Crippen LogP contribution in [0.15, 0.2) is 27.3 Å². The van der Waals surface area contributed by atoms with E-state index in [1.807, 2.05) is 11.4 Å². The maximum Gasteiger partial charge on any atom is 0.326 e. The largest absolute Gasteiger partial charge is 0.462 e. The molecule has 2 bridgehead atoms. The van der Waals surface area contributed by atoms with Gasteiger partial charge in [-0.25, -0.2) is 0 Å². The van der Waals surface area contributed by atoms with E-state index >= 15 is 0 Å². The number of carbonyl (C=O) groups is 3. The molecule has 2 aromatic rings. The molecule has 3 fully saturated rings. The quantitative estimate of drug-likeness (QED) is 0.523. The number of hydrogen-bond acceptors (Lipinski definition) is 8. The number of imide groups is 1. The number of esters is 1. The minimum absolute atomic E-state index is 0.0569. The summed E-state index contributed by atoms with van der Waals surface area (Å²) in [5.74, 6) is -1.34. The van der Waals surface area contributed by atoms with Crippen molar-refractivity contribution in [1.82, 2.24) is 9.88 Å². The number of nitrogens with zero attached hydrogens (tertiary/aromatic N) is 1. The first-order valence-electron chi connectivity index (χ1n) is 10.8. The van der Waals surface area contributed by atoms with E-state index in [1.165, 1.54) is 16.2 Å². The van der Waals surface area contributed by atoms with Gasteiger partial charge in [0, 0.05) is 20.9 Å². The highest BCUT2D eigenvalue weighted by atomic mass is 32.2. The summed E-state index contributed by atoms with van der Waals surface area (Å²) in [5.41, 5.74) is 0. The first-order chi connectivity index (χ1) is 15.3. The number of hydrogen-bond donors (Lipinski definition) is 1. The van der Waals surface area contributed by atoms with Crippen molar-refractivity contribution in [1.29, 1.82) is 0 Å². The zero-order valence-corrected chi connectivity index (χ0v) is 19.9. The summed E-state index contributed by atoms with van der Waals surface area (Å²) in [7, 11) is 0. The van der Waals surface area contributed by atoms with E-state index in [0.717, 1.165) is 21.2 Å². The topological polar surface area (TPSA) is 96.5 Å². The lowest BCUT2D eigenvalue weighted by Gasteiger charge is -2.42. The molecule has 0 unspecified atom stereocenters. The van der Waals surface area contributed by atoms with Gasteiger partial charge in [-0.15, -0.1) is 23.1 Å². The zero-order chi connectivity index (χ0) is 22.3. The molecule has 168 valence electrons. The van der Waals surface area contributed by atoms with Gasteiger partial charge in [-0.05, 0) is 49.5 Å². The van der Waals surface area contributed by atoms with Gasteiger partial charge < -0.3 is 9.72 Å². The lowest BCUT2D eigenvalue weighted by atomic mass is 9.69. The van der Waals surface area contributed by atoms with Crippen LogP contribution in [0, 0.1) is 29.6 Å². The molecule has 10 heteroatoms. The number of amides is 2. The van der Waals surface area contributed by atoms with Crippen LogP contribution in [-0.2, 0) is 19.1 Å². The first kappa shape index (κ1) is 20.7. The number of fused-ring (bicyclic) bond motifs is 9. The van der Waals surface area contributed by atoms with Crippen molar-refractivity contribution in [2.24, 2.45) is 29.6 Å². The van der Waals surface area contributed by atoms with E-state index in [1.54, 1.807) is 36.9 Å². The van der Waals surface area contributed by atoms with E-state index in [-0.39, 0.29) is 70.1 Å². The summed E-state index contributed by atoms with van der Waals surface area (Å²) in [6.07, 6.45) is 0.554. The molecule has 7 atom stereocenters. The van der Waals surface area contributed by atoms with Crippen LogP contribution in [-0.4, -0.2) is 45.6 Å². The first-order valence-corrected chi connectivity index (χ1v) is 13.4. The summed E-state index contributed by atoms with van der Waals surface area (Å²) < 4.78 is 5.18. The highest BCUT2D eigenvalue weighted by molar-refractivity contribution is 8.00. The number of likely N-dealkylation sites (tertiary alicyclic amines) is 1. The normalized spacial score (nSPS) is 34.7. The van der Waals surface area contributed by atoms with Gasteiger partial charge in [-0.3, -0.25) is 24.1 Å². The standard InChI is InChI=1S/C22H22N2O5S3/c1-8(2)29-12(25)7-24-20(26)14-9-6-10(15(14)21(24)27)17-13(9)16(11-4-3-5-30-11)18-19(31-17)23-22(28)32-18/h3-5,8-10,13-17H,6-7H2,1-2H3,(H,23,28)/t9-,10-,13-,14-,15-,16-,17+/m0/s1. The van der Waals surface area contributed by atoms with E-state index in [9.17, 15) is 19.2 Å². The highest BCUT2D eigenvalue weighted by Crippen LogP contribution is 2.68. The minimum atomic E-state index is -0.544. The molecular weight excluding hydrogens is 468 g/mol. The summed E-state index contributed by atoms with van der Waals surface area (Å²) in [6.45, 7) is 3.19. The van der Waals surface area contributed by atoms with E-state index < -0.39 is 5.97 Å². The van der Waals surface area contributed by atoms with Gasteiger partial charge in [0.25, 0.3) is 0 Å². The SMILES string of the molecule is CC(C)OC(=O)CN1C(=O)[C@H]2[C@@H]3C[C@H]([C@@H]2C1=O)[C@H]1[C@H](c2cccs2)c2sc(=O)[nH]c2S[C@H]31. The summed E-state index contributed by atoms with van der Waals surface area (Å²) >= 11 is 4.62. The van der Waals surface area contributed by atoms with Crippen molar-refractivity contribution >= 4 is 52.2 Å². The van der Waals surface area contributed by atoms with Gasteiger partial charge in [0.15, 0.2) is 0 Å².